The number of nitrogens with one attached hydrogen (secondary N) is 4. The van der Waals surface area contributed by atoms with Crippen molar-refractivity contribution < 1.29 is 29.0 Å². The second kappa shape index (κ2) is 11.8. The van der Waals surface area contributed by atoms with Gasteiger partial charge >= 0.3 is 6.09 Å². The molecule has 5 N–H and O–H groups in total. The summed E-state index contributed by atoms with van der Waals surface area (Å²) in [5.74, 6) is -1.88. The number of pyridine rings is 1. The van der Waals surface area contributed by atoms with Gasteiger partial charge in [-0.25, -0.2) is 4.79 Å². The Bertz CT molecular complexity index is 1200. The smallest absolute Gasteiger partial charge is 0.412 e. The number of thiol groups is 1. The van der Waals surface area contributed by atoms with Crippen LogP contribution < -0.4 is 26.8 Å². The van der Waals surface area contributed by atoms with E-state index < -0.39 is 52.0 Å². The van der Waals surface area contributed by atoms with Crippen LogP contribution in [0.25, 0.3) is 0 Å². The number of aromatic nitrogens is 1. The molecule has 1 aliphatic heterocycles. The zero-order chi connectivity index (χ0) is 29.2. The number of rotatable bonds is 11. The lowest BCUT2D eigenvalue weighted by Crippen LogP contribution is -2.59. The van der Waals surface area contributed by atoms with Crippen LogP contribution in [0.3, 0.4) is 0 Å². The SMILES string of the molecule is CC(C)(C)OC(=O)Nc1cccn([C@@H](CC2CC2)C(=O)N[C@@H](C[C@@H]2CCNC2=O)[C@](O)(S)C(=O)NC2CC2)c1=O. The molecule has 3 aliphatic rings. The quantitative estimate of drug-likeness (QED) is 0.171. The van der Waals surface area contributed by atoms with Gasteiger partial charge in [0.1, 0.15) is 17.3 Å². The van der Waals surface area contributed by atoms with E-state index >= 15 is 0 Å². The maximum atomic E-state index is 13.8. The van der Waals surface area contributed by atoms with Crippen LogP contribution in [-0.2, 0) is 19.1 Å². The van der Waals surface area contributed by atoms with Crippen LogP contribution in [-0.4, -0.2) is 62.7 Å². The topological polar surface area (TPSA) is 168 Å². The van der Waals surface area contributed by atoms with Gasteiger partial charge in [0.05, 0.1) is 6.04 Å². The minimum atomic E-state index is -2.30. The Balaban J connectivity index is 1.58. The average Bonchev–Trinajstić information content (AvgIpc) is 3.78. The lowest BCUT2D eigenvalue weighted by Gasteiger charge is -2.34. The van der Waals surface area contributed by atoms with Gasteiger partial charge in [-0.1, -0.05) is 12.8 Å². The van der Waals surface area contributed by atoms with E-state index in [0.29, 0.717) is 19.4 Å². The highest BCUT2D eigenvalue weighted by Gasteiger charge is 2.46. The molecule has 0 radical (unpaired) electrons. The van der Waals surface area contributed by atoms with Crippen molar-refractivity contribution in [2.24, 2.45) is 11.8 Å². The van der Waals surface area contributed by atoms with Gasteiger partial charge in [-0.05, 0) is 70.9 Å². The summed E-state index contributed by atoms with van der Waals surface area (Å²) >= 11 is 4.27. The summed E-state index contributed by atoms with van der Waals surface area (Å²) in [7, 11) is 0. The van der Waals surface area contributed by atoms with Gasteiger partial charge < -0.3 is 30.4 Å². The first-order valence-electron chi connectivity index (χ1n) is 13.8. The van der Waals surface area contributed by atoms with Crippen LogP contribution in [0.15, 0.2) is 23.1 Å². The third kappa shape index (κ3) is 7.78. The van der Waals surface area contributed by atoms with Crippen molar-refractivity contribution >= 4 is 42.1 Å². The first kappa shape index (κ1) is 29.9. The third-order valence-electron chi connectivity index (χ3n) is 7.23. The minimum Gasteiger partial charge on any atom is -0.444 e. The van der Waals surface area contributed by atoms with Gasteiger partial charge in [0.2, 0.25) is 16.7 Å². The number of hydrogen-bond donors (Lipinski definition) is 6. The maximum absolute atomic E-state index is 13.8. The normalized spacial score (nSPS) is 21.9. The number of ether oxygens (including phenoxy) is 1. The molecule has 4 rings (SSSR count). The van der Waals surface area contributed by atoms with Crippen molar-refractivity contribution in [3.05, 3.63) is 28.7 Å². The molecule has 0 spiro atoms. The Kier molecular flexibility index (Phi) is 8.83. The van der Waals surface area contributed by atoms with Crippen molar-refractivity contribution in [3.63, 3.8) is 0 Å². The highest BCUT2D eigenvalue weighted by atomic mass is 32.1. The Morgan fingerprint density at radius 1 is 1.15 bits per heavy atom. The summed E-state index contributed by atoms with van der Waals surface area (Å²) in [6.45, 7) is 5.56. The number of nitrogens with zero attached hydrogens (tertiary/aromatic N) is 1. The summed E-state index contributed by atoms with van der Waals surface area (Å²) in [6, 6.07) is 0.705. The molecule has 0 aromatic carbocycles. The van der Waals surface area contributed by atoms with Gasteiger partial charge in [-0.2, -0.15) is 0 Å². The van der Waals surface area contributed by atoms with Crippen LogP contribution in [0.2, 0.25) is 0 Å². The van der Waals surface area contributed by atoms with Gasteiger partial charge in [0, 0.05) is 24.7 Å². The number of aliphatic hydroxyl groups is 1. The molecule has 0 bridgehead atoms. The molecule has 1 saturated heterocycles. The van der Waals surface area contributed by atoms with E-state index in [2.05, 4.69) is 33.9 Å². The lowest BCUT2D eigenvalue weighted by molar-refractivity contribution is -0.137. The second-order valence-corrected chi connectivity index (χ2v) is 12.7. The summed E-state index contributed by atoms with van der Waals surface area (Å²) in [5, 5.41) is 21.9. The highest BCUT2D eigenvalue weighted by molar-refractivity contribution is 7.82. The molecule has 13 heteroatoms. The van der Waals surface area contributed by atoms with Crippen molar-refractivity contribution in [3.8, 4) is 0 Å². The zero-order valence-electron chi connectivity index (χ0n) is 23.1. The van der Waals surface area contributed by atoms with E-state index in [-0.39, 0.29) is 30.0 Å². The zero-order valence-corrected chi connectivity index (χ0v) is 24.0. The van der Waals surface area contributed by atoms with Crippen molar-refractivity contribution in [1.29, 1.82) is 0 Å². The number of amides is 4. The fourth-order valence-corrected chi connectivity index (χ4v) is 4.94. The first-order valence-corrected chi connectivity index (χ1v) is 14.2. The Labute approximate surface area is 238 Å². The van der Waals surface area contributed by atoms with Crippen LogP contribution in [0.1, 0.15) is 71.8 Å². The molecular weight excluding hydrogens is 538 g/mol. The van der Waals surface area contributed by atoms with Gasteiger partial charge in [-0.15, -0.1) is 12.6 Å². The fraction of sp³-hybridized carbons (Fsp3) is 0.667. The molecule has 2 aliphatic carbocycles. The van der Waals surface area contributed by atoms with Crippen LogP contribution >= 0.6 is 12.6 Å². The van der Waals surface area contributed by atoms with Crippen molar-refractivity contribution in [2.75, 3.05) is 11.9 Å². The van der Waals surface area contributed by atoms with E-state index in [0.717, 1.165) is 25.7 Å². The molecule has 3 fully saturated rings. The molecule has 4 atom stereocenters. The van der Waals surface area contributed by atoms with E-state index in [4.69, 9.17) is 4.74 Å². The molecule has 1 aromatic rings. The minimum absolute atomic E-state index is 0.0129. The lowest BCUT2D eigenvalue weighted by atomic mass is 9.93. The van der Waals surface area contributed by atoms with Crippen molar-refractivity contribution in [2.45, 2.75) is 94.4 Å². The third-order valence-corrected chi connectivity index (χ3v) is 7.75. The summed E-state index contributed by atoms with van der Waals surface area (Å²) in [5.41, 5.74) is -1.43. The Morgan fingerprint density at radius 2 is 1.85 bits per heavy atom. The standard InChI is InChI=1S/C27H39N5O7S/c1-26(2,3)39-25(37)30-18-5-4-12-32(23(18)35)19(13-15-6-7-15)22(34)31-20(14-16-10-11-28-21(16)33)27(38,40)24(36)29-17-8-9-17/h4-5,12,15-17,19-20,38,40H,6-11,13-14H2,1-3H3,(H,28,33)(H,29,36)(H,30,37)(H,31,34)/t16-,19-,20-,27-/m0/s1. The molecule has 4 amide bonds. The Hall–Kier alpha value is -3.06. The highest BCUT2D eigenvalue weighted by Crippen LogP contribution is 2.37. The van der Waals surface area contributed by atoms with E-state index in [1.807, 2.05) is 0 Å². The number of carbonyl (C=O) groups excluding carboxylic acids is 4. The Morgan fingerprint density at radius 3 is 2.42 bits per heavy atom. The predicted molar refractivity (Wildman–Crippen MR) is 150 cm³/mol. The average molecular weight is 578 g/mol. The summed E-state index contributed by atoms with van der Waals surface area (Å²) in [4.78, 5) is 62.4. The van der Waals surface area contributed by atoms with Gasteiger partial charge in [0.15, 0.2) is 0 Å². The number of anilines is 1. The first-order chi connectivity index (χ1) is 18.7. The summed E-state index contributed by atoms with van der Waals surface area (Å²) in [6.07, 6.45) is 4.86. The van der Waals surface area contributed by atoms with Crippen LogP contribution in [0, 0.1) is 11.8 Å². The second-order valence-electron chi connectivity index (χ2n) is 12.0. The van der Waals surface area contributed by atoms with E-state index in [9.17, 15) is 29.1 Å². The van der Waals surface area contributed by atoms with Gasteiger partial charge in [0.25, 0.3) is 11.5 Å². The number of carbonyl (C=O) groups is 4. The van der Waals surface area contributed by atoms with Crippen LogP contribution in [0.4, 0.5) is 10.5 Å². The van der Waals surface area contributed by atoms with E-state index in [1.54, 1.807) is 26.8 Å². The molecule has 2 heterocycles. The van der Waals surface area contributed by atoms with Crippen molar-refractivity contribution in [1.82, 2.24) is 20.5 Å². The molecular formula is C27H39N5O7S. The van der Waals surface area contributed by atoms with E-state index in [1.165, 1.54) is 16.8 Å². The monoisotopic (exact) mass is 577 g/mol. The maximum Gasteiger partial charge on any atom is 0.412 e. The predicted octanol–water partition coefficient (Wildman–Crippen LogP) is 1.44. The molecule has 40 heavy (non-hydrogen) atoms. The summed E-state index contributed by atoms with van der Waals surface area (Å²) < 4.78 is 6.49. The van der Waals surface area contributed by atoms with Gasteiger partial charge in [-0.3, -0.25) is 24.5 Å². The fourth-order valence-electron chi connectivity index (χ4n) is 4.70. The molecule has 0 unspecified atom stereocenters. The van der Waals surface area contributed by atoms with Crippen LogP contribution in [0.5, 0.6) is 0 Å². The molecule has 12 nitrogen and oxygen atoms in total. The molecule has 2 saturated carbocycles. The molecule has 220 valence electrons. The largest absolute Gasteiger partial charge is 0.444 e. The number of hydrogen-bond acceptors (Lipinski definition) is 8. The molecule has 1 aromatic heterocycles.